The molecule has 2 heterocycles. The van der Waals surface area contributed by atoms with E-state index in [-0.39, 0.29) is 11.5 Å². The molecule has 2 unspecified atom stereocenters. The number of nitrogens with zero attached hydrogens (tertiary/aromatic N) is 2. The standard InChI is InChI=1S/C15H25N3O2/c1-15(8-9-16-10-15)14-17-13(18-20-14)12(19-2)11-6-4-3-5-7-11/h11-12,16H,3-10H2,1-2H3. The molecule has 1 aliphatic carbocycles. The summed E-state index contributed by atoms with van der Waals surface area (Å²) < 4.78 is 11.2. The minimum Gasteiger partial charge on any atom is -0.373 e. The maximum Gasteiger partial charge on any atom is 0.234 e. The third-order valence-electron chi connectivity index (χ3n) is 4.91. The van der Waals surface area contributed by atoms with Crippen LogP contribution in [-0.4, -0.2) is 30.3 Å². The van der Waals surface area contributed by atoms with E-state index < -0.39 is 0 Å². The van der Waals surface area contributed by atoms with Crippen molar-refractivity contribution in [2.24, 2.45) is 5.92 Å². The van der Waals surface area contributed by atoms with Gasteiger partial charge in [0.2, 0.25) is 11.7 Å². The molecule has 2 atom stereocenters. The van der Waals surface area contributed by atoms with Crippen molar-refractivity contribution in [1.29, 1.82) is 0 Å². The van der Waals surface area contributed by atoms with E-state index in [4.69, 9.17) is 9.26 Å². The van der Waals surface area contributed by atoms with Crippen LogP contribution in [-0.2, 0) is 10.2 Å². The van der Waals surface area contributed by atoms with Gasteiger partial charge in [0.25, 0.3) is 0 Å². The molecule has 1 aromatic rings. The summed E-state index contributed by atoms with van der Waals surface area (Å²) in [4.78, 5) is 4.67. The maximum atomic E-state index is 5.68. The van der Waals surface area contributed by atoms with Gasteiger partial charge in [0.15, 0.2) is 0 Å². The zero-order valence-electron chi connectivity index (χ0n) is 12.5. The zero-order chi connectivity index (χ0) is 14.0. The second-order valence-electron chi connectivity index (χ2n) is 6.50. The first kappa shape index (κ1) is 14.0. The van der Waals surface area contributed by atoms with Gasteiger partial charge in [-0.2, -0.15) is 4.98 Å². The number of aromatic nitrogens is 2. The summed E-state index contributed by atoms with van der Waals surface area (Å²) in [5.41, 5.74) is -0.0178. The smallest absolute Gasteiger partial charge is 0.234 e. The lowest BCUT2D eigenvalue weighted by Crippen LogP contribution is -2.25. The van der Waals surface area contributed by atoms with Gasteiger partial charge in [0, 0.05) is 13.7 Å². The molecule has 2 fully saturated rings. The molecule has 20 heavy (non-hydrogen) atoms. The van der Waals surface area contributed by atoms with E-state index in [1.165, 1.54) is 32.1 Å². The van der Waals surface area contributed by atoms with Crippen LogP contribution in [0.2, 0.25) is 0 Å². The largest absolute Gasteiger partial charge is 0.373 e. The molecule has 1 N–H and O–H groups in total. The number of hydrogen-bond donors (Lipinski definition) is 1. The normalized spacial score (nSPS) is 29.7. The van der Waals surface area contributed by atoms with Gasteiger partial charge in [-0.05, 0) is 38.6 Å². The number of ether oxygens (including phenoxy) is 1. The highest BCUT2D eigenvalue weighted by Gasteiger charge is 2.37. The Balaban J connectivity index is 1.77. The van der Waals surface area contributed by atoms with E-state index in [1.54, 1.807) is 7.11 Å². The summed E-state index contributed by atoms with van der Waals surface area (Å²) in [6.07, 6.45) is 7.38. The molecule has 1 aliphatic heterocycles. The predicted molar refractivity (Wildman–Crippen MR) is 75.5 cm³/mol. The molecule has 1 saturated heterocycles. The predicted octanol–water partition coefficient (Wildman–Crippen LogP) is 2.59. The van der Waals surface area contributed by atoms with E-state index in [1.807, 2.05) is 0 Å². The molecular formula is C15H25N3O2. The SMILES string of the molecule is COC(c1noc(C2(C)CCNC2)n1)C1CCCCC1. The number of nitrogens with one attached hydrogen (secondary N) is 1. The molecule has 5 nitrogen and oxygen atoms in total. The fourth-order valence-corrected chi connectivity index (χ4v) is 3.54. The molecule has 2 aliphatic rings. The number of rotatable bonds is 4. The Hall–Kier alpha value is -0.940. The molecule has 0 spiro atoms. The van der Waals surface area contributed by atoms with Crippen LogP contribution in [0.5, 0.6) is 0 Å². The Morgan fingerprint density at radius 1 is 1.35 bits per heavy atom. The van der Waals surface area contributed by atoms with E-state index in [2.05, 4.69) is 22.4 Å². The first-order valence-corrected chi connectivity index (χ1v) is 7.80. The van der Waals surface area contributed by atoms with Gasteiger partial charge in [-0.15, -0.1) is 0 Å². The fourth-order valence-electron chi connectivity index (χ4n) is 3.54. The molecule has 0 amide bonds. The van der Waals surface area contributed by atoms with Crippen LogP contribution in [0.4, 0.5) is 0 Å². The Bertz CT molecular complexity index is 434. The third kappa shape index (κ3) is 2.61. The van der Waals surface area contributed by atoms with Crippen molar-refractivity contribution >= 4 is 0 Å². The van der Waals surface area contributed by atoms with Crippen molar-refractivity contribution in [3.63, 3.8) is 0 Å². The zero-order valence-corrected chi connectivity index (χ0v) is 12.5. The Morgan fingerprint density at radius 2 is 2.15 bits per heavy atom. The molecular weight excluding hydrogens is 254 g/mol. The van der Waals surface area contributed by atoms with Crippen LogP contribution in [0.25, 0.3) is 0 Å². The van der Waals surface area contributed by atoms with Crippen LogP contribution < -0.4 is 5.32 Å². The van der Waals surface area contributed by atoms with Crippen LogP contribution >= 0.6 is 0 Å². The van der Waals surface area contributed by atoms with Crippen LogP contribution in [0.1, 0.15) is 63.3 Å². The highest BCUT2D eigenvalue weighted by molar-refractivity contribution is 5.09. The maximum absolute atomic E-state index is 5.68. The minimum atomic E-state index is -0.0178. The summed E-state index contributed by atoms with van der Waals surface area (Å²) in [5.74, 6) is 2.03. The molecule has 0 radical (unpaired) electrons. The van der Waals surface area contributed by atoms with Gasteiger partial charge in [-0.3, -0.25) is 0 Å². The second-order valence-corrected chi connectivity index (χ2v) is 6.50. The molecule has 5 heteroatoms. The lowest BCUT2D eigenvalue weighted by Gasteiger charge is -2.27. The van der Waals surface area contributed by atoms with Gasteiger partial charge in [-0.1, -0.05) is 24.4 Å². The second kappa shape index (κ2) is 5.82. The van der Waals surface area contributed by atoms with Crippen LogP contribution in [0.3, 0.4) is 0 Å². The summed E-state index contributed by atoms with van der Waals surface area (Å²) >= 11 is 0. The monoisotopic (exact) mass is 279 g/mol. The Kier molecular flexibility index (Phi) is 4.08. The van der Waals surface area contributed by atoms with Gasteiger partial charge >= 0.3 is 0 Å². The first-order valence-electron chi connectivity index (χ1n) is 7.80. The summed E-state index contributed by atoms with van der Waals surface area (Å²) in [5, 5.41) is 7.58. The number of hydrogen-bond acceptors (Lipinski definition) is 5. The van der Waals surface area contributed by atoms with Crippen LogP contribution in [0.15, 0.2) is 4.52 Å². The van der Waals surface area contributed by atoms with E-state index in [0.29, 0.717) is 5.92 Å². The van der Waals surface area contributed by atoms with Gasteiger partial charge in [0.1, 0.15) is 6.10 Å². The highest BCUT2D eigenvalue weighted by atomic mass is 16.5. The van der Waals surface area contributed by atoms with E-state index >= 15 is 0 Å². The van der Waals surface area contributed by atoms with E-state index in [0.717, 1.165) is 31.2 Å². The van der Waals surface area contributed by atoms with E-state index in [9.17, 15) is 0 Å². The molecule has 1 saturated carbocycles. The Morgan fingerprint density at radius 3 is 2.80 bits per heavy atom. The quantitative estimate of drug-likeness (QED) is 0.918. The first-order chi connectivity index (χ1) is 9.73. The lowest BCUT2D eigenvalue weighted by molar-refractivity contribution is 0.0273. The average Bonchev–Trinajstić information content (AvgIpc) is 3.11. The highest BCUT2D eigenvalue weighted by Crippen LogP contribution is 2.36. The minimum absolute atomic E-state index is 0.00855. The van der Waals surface area contributed by atoms with Crippen molar-refractivity contribution in [3.05, 3.63) is 11.7 Å². The van der Waals surface area contributed by atoms with Gasteiger partial charge < -0.3 is 14.6 Å². The summed E-state index contributed by atoms with van der Waals surface area (Å²) in [6.45, 7) is 4.12. The number of methoxy groups -OCH3 is 1. The third-order valence-corrected chi connectivity index (χ3v) is 4.91. The summed E-state index contributed by atoms with van der Waals surface area (Å²) in [7, 11) is 1.76. The Labute approximate surface area is 120 Å². The summed E-state index contributed by atoms with van der Waals surface area (Å²) in [6, 6.07) is 0. The molecule has 0 aromatic carbocycles. The molecule has 112 valence electrons. The van der Waals surface area contributed by atoms with Crippen molar-refractivity contribution in [1.82, 2.24) is 15.5 Å². The van der Waals surface area contributed by atoms with Crippen molar-refractivity contribution < 1.29 is 9.26 Å². The average molecular weight is 279 g/mol. The van der Waals surface area contributed by atoms with Crippen molar-refractivity contribution in [3.8, 4) is 0 Å². The lowest BCUT2D eigenvalue weighted by atomic mass is 9.85. The molecule has 3 rings (SSSR count). The van der Waals surface area contributed by atoms with Crippen molar-refractivity contribution in [2.45, 2.75) is 57.0 Å². The van der Waals surface area contributed by atoms with Gasteiger partial charge in [0.05, 0.1) is 5.41 Å². The topological polar surface area (TPSA) is 60.2 Å². The van der Waals surface area contributed by atoms with Gasteiger partial charge in [-0.25, -0.2) is 0 Å². The molecule has 1 aromatic heterocycles. The van der Waals surface area contributed by atoms with Crippen LogP contribution in [0, 0.1) is 5.92 Å². The fraction of sp³-hybridized carbons (Fsp3) is 0.867. The molecule has 0 bridgehead atoms. The van der Waals surface area contributed by atoms with Crippen molar-refractivity contribution in [2.75, 3.05) is 20.2 Å².